The lowest BCUT2D eigenvalue weighted by molar-refractivity contribution is 0.686. The fourth-order valence-electron chi connectivity index (χ4n) is 1.88. The van der Waals surface area contributed by atoms with Gasteiger partial charge in [-0.3, -0.25) is 9.67 Å². The maximum Gasteiger partial charge on any atom is 0.0762 e. The van der Waals surface area contributed by atoms with Gasteiger partial charge in [-0.2, -0.15) is 5.10 Å². The van der Waals surface area contributed by atoms with Crippen molar-refractivity contribution in [2.75, 3.05) is 0 Å². The fourth-order valence-corrected chi connectivity index (χ4v) is 1.88. The van der Waals surface area contributed by atoms with Gasteiger partial charge in [0, 0.05) is 18.0 Å². The molecular weight excluding hydrogens is 282 g/mol. The Labute approximate surface area is 141 Å². The van der Waals surface area contributed by atoms with Gasteiger partial charge < -0.3 is 0 Å². The van der Waals surface area contributed by atoms with Crippen LogP contribution in [0.3, 0.4) is 0 Å². The van der Waals surface area contributed by atoms with Crippen LogP contribution >= 0.6 is 0 Å². The molecular formula is C20H29N3. The van der Waals surface area contributed by atoms with Crippen LogP contribution in [0.1, 0.15) is 33.3 Å². The number of hydrogen-bond acceptors (Lipinski definition) is 2. The first-order valence-corrected chi connectivity index (χ1v) is 8.13. The molecule has 0 aliphatic carbocycles. The molecule has 0 radical (unpaired) electrons. The quantitative estimate of drug-likeness (QED) is 0.672. The van der Waals surface area contributed by atoms with E-state index in [-0.39, 0.29) is 0 Å². The molecule has 0 N–H and O–H groups in total. The van der Waals surface area contributed by atoms with Crippen LogP contribution in [0.2, 0.25) is 0 Å². The Morgan fingerprint density at radius 3 is 2.48 bits per heavy atom. The van der Waals surface area contributed by atoms with Gasteiger partial charge in [-0.05, 0) is 24.1 Å². The third-order valence-electron chi connectivity index (χ3n) is 2.85. The number of pyridine rings is 1. The lowest BCUT2D eigenvalue weighted by Gasteiger charge is -2.02. The monoisotopic (exact) mass is 311 g/mol. The summed E-state index contributed by atoms with van der Waals surface area (Å²) < 4.78 is 1.88. The molecule has 0 spiro atoms. The molecule has 0 amide bonds. The van der Waals surface area contributed by atoms with E-state index in [4.69, 9.17) is 0 Å². The summed E-state index contributed by atoms with van der Waals surface area (Å²) in [5.41, 5.74) is 4.22. The molecule has 0 saturated carbocycles. The van der Waals surface area contributed by atoms with Crippen molar-refractivity contribution in [1.82, 2.24) is 14.8 Å². The SMILES string of the molecule is C=C/C=C(\C=C)Cn1cc(-c2ncccc2C)cn1.CC.CC. The molecule has 3 nitrogen and oxygen atoms in total. The van der Waals surface area contributed by atoms with Crippen LogP contribution in [0.4, 0.5) is 0 Å². The van der Waals surface area contributed by atoms with Crippen molar-refractivity contribution in [3.8, 4) is 11.3 Å². The van der Waals surface area contributed by atoms with Crippen molar-refractivity contribution >= 4 is 0 Å². The molecule has 0 bridgehead atoms. The molecule has 0 aliphatic heterocycles. The zero-order valence-corrected chi connectivity index (χ0v) is 15.1. The first-order valence-electron chi connectivity index (χ1n) is 8.13. The summed E-state index contributed by atoms with van der Waals surface area (Å²) in [5.74, 6) is 0. The van der Waals surface area contributed by atoms with Crippen molar-refractivity contribution in [3.63, 3.8) is 0 Å². The average molecular weight is 311 g/mol. The Kier molecular flexibility index (Phi) is 10.9. The summed E-state index contributed by atoms with van der Waals surface area (Å²) >= 11 is 0. The molecule has 0 saturated heterocycles. The van der Waals surface area contributed by atoms with E-state index in [1.54, 1.807) is 12.3 Å². The number of nitrogens with zero attached hydrogens (tertiary/aromatic N) is 3. The van der Waals surface area contributed by atoms with Gasteiger partial charge >= 0.3 is 0 Å². The highest BCUT2D eigenvalue weighted by atomic mass is 15.3. The van der Waals surface area contributed by atoms with Gasteiger partial charge in [0.2, 0.25) is 0 Å². The van der Waals surface area contributed by atoms with Gasteiger partial charge in [0.1, 0.15) is 0 Å². The lowest BCUT2D eigenvalue weighted by Crippen LogP contribution is -1.99. The second kappa shape index (κ2) is 12.2. The minimum Gasteiger partial charge on any atom is -0.268 e. The smallest absolute Gasteiger partial charge is 0.0762 e. The highest BCUT2D eigenvalue weighted by Gasteiger charge is 2.06. The number of aromatic nitrogens is 3. The lowest BCUT2D eigenvalue weighted by atomic mass is 10.1. The van der Waals surface area contributed by atoms with Crippen molar-refractivity contribution in [2.45, 2.75) is 41.2 Å². The Hall–Kier alpha value is -2.42. The number of rotatable bonds is 5. The number of aryl methyl sites for hydroxylation is 1. The molecule has 2 aromatic rings. The zero-order chi connectivity index (χ0) is 17.7. The molecule has 2 aromatic heterocycles. The molecule has 0 aliphatic rings. The normalized spacial score (nSPS) is 9.87. The molecule has 124 valence electrons. The molecule has 2 rings (SSSR count). The Morgan fingerprint density at radius 2 is 1.91 bits per heavy atom. The Balaban J connectivity index is 0.00000112. The Bertz CT molecular complexity index is 621. The Morgan fingerprint density at radius 1 is 1.22 bits per heavy atom. The highest BCUT2D eigenvalue weighted by molar-refractivity contribution is 5.60. The van der Waals surface area contributed by atoms with Gasteiger partial charge in [-0.1, -0.05) is 65.1 Å². The minimum atomic E-state index is 0.682. The van der Waals surface area contributed by atoms with Crippen LogP contribution in [0, 0.1) is 6.92 Å². The van der Waals surface area contributed by atoms with Crippen LogP contribution < -0.4 is 0 Å². The summed E-state index contributed by atoms with van der Waals surface area (Å²) in [6.07, 6.45) is 11.1. The third-order valence-corrected chi connectivity index (χ3v) is 2.85. The van der Waals surface area contributed by atoms with E-state index < -0.39 is 0 Å². The van der Waals surface area contributed by atoms with Crippen LogP contribution in [-0.4, -0.2) is 14.8 Å². The van der Waals surface area contributed by atoms with Crippen molar-refractivity contribution < 1.29 is 0 Å². The molecule has 0 unspecified atom stereocenters. The van der Waals surface area contributed by atoms with E-state index in [1.165, 1.54) is 0 Å². The van der Waals surface area contributed by atoms with Crippen LogP contribution in [0.25, 0.3) is 11.3 Å². The fraction of sp³-hybridized carbons (Fsp3) is 0.300. The largest absolute Gasteiger partial charge is 0.268 e. The van der Waals surface area contributed by atoms with Crippen LogP contribution in [0.5, 0.6) is 0 Å². The summed E-state index contributed by atoms with van der Waals surface area (Å²) in [6, 6.07) is 3.98. The first kappa shape index (κ1) is 20.6. The summed E-state index contributed by atoms with van der Waals surface area (Å²) in [7, 11) is 0. The predicted molar refractivity (Wildman–Crippen MR) is 101 cm³/mol. The minimum absolute atomic E-state index is 0.682. The third kappa shape index (κ3) is 6.47. The van der Waals surface area contributed by atoms with E-state index >= 15 is 0 Å². The van der Waals surface area contributed by atoms with Gasteiger partial charge in [0.15, 0.2) is 0 Å². The summed E-state index contributed by atoms with van der Waals surface area (Å²) in [5, 5.41) is 4.36. The van der Waals surface area contributed by atoms with Gasteiger partial charge in [0.05, 0.1) is 18.4 Å². The van der Waals surface area contributed by atoms with Gasteiger partial charge in [-0.25, -0.2) is 0 Å². The van der Waals surface area contributed by atoms with E-state index in [1.807, 2.05) is 76.0 Å². The number of hydrogen-bond donors (Lipinski definition) is 0. The first-order chi connectivity index (χ1) is 11.2. The maximum atomic E-state index is 4.39. The van der Waals surface area contributed by atoms with E-state index in [2.05, 4.69) is 23.2 Å². The topological polar surface area (TPSA) is 30.7 Å². The standard InChI is InChI=1S/C16H17N3.2C2H6/c1-4-7-14(5-2)11-19-12-15(10-18-19)16-13(3)8-6-9-17-16;2*1-2/h4-10,12H,1-2,11H2,3H3;2*1-2H3/b14-7+;;. The molecule has 0 fully saturated rings. The second-order valence-electron chi connectivity index (χ2n) is 4.28. The summed E-state index contributed by atoms with van der Waals surface area (Å²) in [4.78, 5) is 4.39. The summed E-state index contributed by atoms with van der Waals surface area (Å²) in [6.45, 7) is 18.2. The maximum absolute atomic E-state index is 4.39. The molecule has 0 atom stereocenters. The van der Waals surface area contributed by atoms with E-state index in [0.29, 0.717) is 6.54 Å². The van der Waals surface area contributed by atoms with E-state index in [0.717, 1.165) is 22.4 Å². The average Bonchev–Trinajstić information content (AvgIpc) is 3.07. The molecule has 2 heterocycles. The van der Waals surface area contributed by atoms with E-state index in [9.17, 15) is 0 Å². The van der Waals surface area contributed by atoms with Crippen molar-refractivity contribution in [2.24, 2.45) is 0 Å². The van der Waals surface area contributed by atoms with Crippen LogP contribution in [-0.2, 0) is 6.54 Å². The predicted octanol–water partition coefficient (Wildman–Crippen LogP) is 5.60. The van der Waals surface area contributed by atoms with Gasteiger partial charge in [-0.15, -0.1) is 0 Å². The van der Waals surface area contributed by atoms with Crippen molar-refractivity contribution in [3.05, 3.63) is 73.2 Å². The van der Waals surface area contributed by atoms with Gasteiger partial charge in [0.25, 0.3) is 0 Å². The highest BCUT2D eigenvalue weighted by Crippen LogP contribution is 2.19. The zero-order valence-electron chi connectivity index (χ0n) is 15.1. The molecule has 0 aromatic carbocycles. The molecule has 3 heteroatoms. The second-order valence-corrected chi connectivity index (χ2v) is 4.28. The van der Waals surface area contributed by atoms with Crippen molar-refractivity contribution in [1.29, 1.82) is 0 Å². The van der Waals surface area contributed by atoms with Crippen LogP contribution in [0.15, 0.2) is 67.7 Å². The molecule has 23 heavy (non-hydrogen) atoms. The number of allylic oxidation sites excluding steroid dienone is 4.